The number of hydrogen-bond acceptors (Lipinski definition) is 8. The molecule has 1 N–H and O–H groups in total. The highest BCUT2D eigenvalue weighted by Gasteiger charge is 2.34. The fourth-order valence-corrected chi connectivity index (χ4v) is 5.22. The van der Waals surface area contributed by atoms with Crippen molar-refractivity contribution in [2.45, 2.75) is 25.7 Å². The van der Waals surface area contributed by atoms with Crippen molar-refractivity contribution < 1.29 is 14.6 Å². The molecule has 0 radical (unpaired) electrons. The van der Waals surface area contributed by atoms with Crippen LogP contribution in [0.15, 0.2) is 18.3 Å². The number of carbonyl (C=O) groups is 1. The Morgan fingerprint density at radius 2 is 1.88 bits per heavy atom. The van der Waals surface area contributed by atoms with E-state index in [9.17, 15) is 9.82 Å². The first-order valence-corrected chi connectivity index (χ1v) is 12.1. The van der Waals surface area contributed by atoms with E-state index in [1.807, 2.05) is 30.1 Å². The SMILES string of the molecule is CB(O)N1CCCC1c1cc(C(=O)N2CCN(C)CC2)cc2ncc(N3CCOCC3)nc12. The Balaban J connectivity index is 1.56. The average Bonchev–Trinajstić information content (AvgIpc) is 3.34. The van der Waals surface area contributed by atoms with Crippen LogP contribution < -0.4 is 4.90 Å². The summed E-state index contributed by atoms with van der Waals surface area (Å²) in [5, 5.41) is 10.4. The van der Waals surface area contributed by atoms with E-state index < -0.39 is 7.05 Å². The van der Waals surface area contributed by atoms with Crippen LogP contribution in [0.5, 0.6) is 0 Å². The molecule has 10 heteroatoms. The summed E-state index contributed by atoms with van der Waals surface area (Å²) in [6, 6.07) is 3.91. The predicted octanol–water partition coefficient (Wildman–Crippen LogP) is 1.10. The van der Waals surface area contributed by atoms with Crippen molar-refractivity contribution >= 4 is 29.8 Å². The second kappa shape index (κ2) is 9.54. The largest absolute Gasteiger partial charge is 0.437 e. The molecule has 1 unspecified atom stereocenters. The molecule has 0 aliphatic carbocycles. The molecule has 0 bridgehead atoms. The van der Waals surface area contributed by atoms with E-state index in [0.29, 0.717) is 18.8 Å². The van der Waals surface area contributed by atoms with Gasteiger partial charge in [0.1, 0.15) is 5.82 Å². The van der Waals surface area contributed by atoms with Crippen LogP contribution in [0.4, 0.5) is 5.82 Å². The van der Waals surface area contributed by atoms with Crippen LogP contribution in [-0.2, 0) is 4.74 Å². The Kier molecular flexibility index (Phi) is 6.51. The number of nitrogens with zero attached hydrogens (tertiary/aromatic N) is 6. The smallest absolute Gasteiger partial charge is 0.376 e. The summed E-state index contributed by atoms with van der Waals surface area (Å²) in [6.07, 6.45) is 3.74. The van der Waals surface area contributed by atoms with Crippen molar-refractivity contribution in [3.05, 3.63) is 29.5 Å². The first kappa shape index (κ1) is 22.5. The highest BCUT2D eigenvalue weighted by Crippen LogP contribution is 2.37. The Bertz CT molecular complexity index is 1010. The van der Waals surface area contributed by atoms with Crippen molar-refractivity contribution in [3.8, 4) is 0 Å². The van der Waals surface area contributed by atoms with E-state index in [0.717, 1.165) is 81.1 Å². The van der Waals surface area contributed by atoms with Crippen molar-refractivity contribution in [1.82, 2.24) is 24.6 Å². The summed E-state index contributed by atoms with van der Waals surface area (Å²) in [6.45, 7) is 8.81. The zero-order valence-electron chi connectivity index (χ0n) is 19.6. The Hall–Kier alpha value is -2.27. The minimum Gasteiger partial charge on any atom is -0.437 e. The molecular weight excluding hydrogens is 419 g/mol. The summed E-state index contributed by atoms with van der Waals surface area (Å²) in [4.78, 5) is 31.7. The van der Waals surface area contributed by atoms with Gasteiger partial charge in [0.2, 0.25) is 0 Å². The van der Waals surface area contributed by atoms with Gasteiger partial charge >= 0.3 is 7.05 Å². The van der Waals surface area contributed by atoms with Crippen molar-refractivity contribution in [2.75, 3.05) is 71.0 Å². The monoisotopic (exact) mass is 452 g/mol. The summed E-state index contributed by atoms with van der Waals surface area (Å²) in [5.41, 5.74) is 3.21. The number of aromatic nitrogens is 2. The molecular formula is C23H33BN6O3. The first-order valence-electron chi connectivity index (χ1n) is 12.1. The maximum Gasteiger partial charge on any atom is 0.376 e. The average molecular weight is 452 g/mol. The predicted molar refractivity (Wildman–Crippen MR) is 128 cm³/mol. The lowest BCUT2D eigenvalue weighted by Crippen LogP contribution is -2.47. The number of piperazine rings is 1. The number of rotatable bonds is 4. The Morgan fingerprint density at radius 3 is 2.61 bits per heavy atom. The zero-order valence-corrected chi connectivity index (χ0v) is 19.6. The third-order valence-corrected chi connectivity index (χ3v) is 7.17. The summed E-state index contributed by atoms with van der Waals surface area (Å²) in [7, 11) is 1.53. The molecule has 5 rings (SSSR count). The van der Waals surface area contributed by atoms with E-state index >= 15 is 0 Å². The van der Waals surface area contributed by atoms with E-state index in [1.54, 1.807) is 0 Å². The Morgan fingerprint density at radius 1 is 1.12 bits per heavy atom. The maximum absolute atomic E-state index is 13.4. The van der Waals surface area contributed by atoms with Crippen LogP contribution in [0, 0.1) is 0 Å². The van der Waals surface area contributed by atoms with Gasteiger partial charge in [-0.2, -0.15) is 0 Å². The Labute approximate surface area is 195 Å². The van der Waals surface area contributed by atoms with Crippen molar-refractivity contribution in [3.63, 3.8) is 0 Å². The van der Waals surface area contributed by atoms with E-state index in [-0.39, 0.29) is 11.9 Å². The maximum atomic E-state index is 13.4. The minimum atomic E-state index is -0.556. The molecule has 3 fully saturated rings. The lowest BCUT2D eigenvalue weighted by molar-refractivity contribution is 0.0664. The quantitative estimate of drug-likeness (QED) is 0.691. The van der Waals surface area contributed by atoms with E-state index in [2.05, 4.69) is 21.7 Å². The molecule has 176 valence electrons. The number of ether oxygens (including phenoxy) is 1. The second-order valence-corrected chi connectivity index (χ2v) is 9.38. The minimum absolute atomic E-state index is 0.0157. The van der Waals surface area contributed by atoms with Gasteiger partial charge in [-0.3, -0.25) is 9.78 Å². The molecule has 9 nitrogen and oxygen atoms in total. The number of carbonyl (C=O) groups excluding carboxylic acids is 1. The van der Waals surface area contributed by atoms with Crippen molar-refractivity contribution in [2.24, 2.45) is 0 Å². The molecule has 1 atom stereocenters. The number of amides is 1. The van der Waals surface area contributed by atoms with Gasteiger partial charge in [0.05, 0.1) is 30.4 Å². The van der Waals surface area contributed by atoms with Gasteiger partial charge in [0.25, 0.3) is 5.91 Å². The molecule has 33 heavy (non-hydrogen) atoms. The molecule has 1 aromatic carbocycles. The van der Waals surface area contributed by atoms with Crippen LogP contribution in [0.2, 0.25) is 6.82 Å². The molecule has 1 amide bonds. The lowest BCUT2D eigenvalue weighted by atomic mass is 9.82. The topological polar surface area (TPSA) is 85.3 Å². The third-order valence-electron chi connectivity index (χ3n) is 7.17. The van der Waals surface area contributed by atoms with Gasteiger partial charge < -0.3 is 29.3 Å². The first-order chi connectivity index (χ1) is 16.0. The highest BCUT2D eigenvalue weighted by atomic mass is 16.5. The van der Waals surface area contributed by atoms with Crippen LogP contribution in [0.1, 0.15) is 34.8 Å². The van der Waals surface area contributed by atoms with E-state index in [4.69, 9.17) is 14.7 Å². The van der Waals surface area contributed by atoms with Crippen LogP contribution in [0.3, 0.4) is 0 Å². The highest BCUT2D eigenvalue weighted by molar-refractivity contribution is 6.45. The fraction of sp³-hybridized carbons (Fsp3) is 0.609. The van der Waals surface area contributed by atoms with Crippen LogP contribution in [-0.4, -0.2) is 109 Å². The van der Waals surface area contributed by atoms with Crippen molar-refractivity contribution in [1.29, 1.82) is 0 Å². The fourth-order valence-electron chi connectivity index (χ4n) is 5.22. The van der Waals surface area contributed by atoms with Crippen LogP contribution >= 0.6 is 0 Å². The molecule has 1 aromatic heterocycles. The molecule has 3 aliphatic heterocycles. The molecule has 0 spiro atoms. The molecule has 2 aromatic rings. The number of likely N-dealkylation sites (N-methyl/N-ethyl adjacent to an activating group) is 1. The van der Waals surface area contributed by atoms with Gasteiger partial charge in [-0.15, -0.1) is 0 Å². The van der Waals surface area contributed by atoms with E-state index in [1.165, 1.54) is 0 Å². The summed E-state index contributed by atoms with van der Waals surface area (Å²) < 4.78 is 5.49. The second-order valence-electron chi connectivity index (χ2n) is 9.38. The van der Waals surface area contributed by atoms with Gasteiger partial charge in [0, 0.05) is 50.9 Å². The number of anilines is 1. The molecule has 3 saturated heterocycles. The van der Waals surface area contributed by atoms with Gasteiger partial charge in [-0.25, -0.2) is 4.98 Å². The molecule has 4 heterocycles. The molecule has 0 saturated carbocycles. The van der Waals surface area contributed by atoms with Gasteiger partial charge in [-0.1, -0.05) is 0 Å². The third kappa shape index (κ3) is 4.57. The normalized spacial score (nSPS) is 22.8. The van der Waals surface area contributed by atoms with Gasteiger partial charge in [0.15, 0.2) is 0 Å². The summed E-state index contributed by atoms with van der Waals surface area (Å²) in [5.74, 6) is 0.888. The number of hydrogen-bond donors (Lipinski definition) is 1. The zero-order chi connectivity index (χ0) is 22.9. The standard InChI is InChI=1S/C23H33BN6O3/c1-24(32)30-5-3-4-20(30)18-14-17(23(31)29-8-6-27(2)7-9-29)15-19-22(18)26-21(16-25-19)28-10-12-33-13-11-28/h14-16,20,32H,3-13H2,1-2H3. The lowest BCUT2D eigenvalue weighted by Gasteiger charge is -2.33. The number of morpholine rings is 1. The van der Waals surface area contributed by atoms with Gasteiger partial charge in [-0.05, 0) is 51.0 Å². The number of fused-ring (bicyclic) bond motifs is 1. The number of benzene rings is 1. The summed E-state index contributed by atoms with van der Waals surface area (Å²) >= 11 is 0. The van der Waals surface area contributed by atoms with Crippen LogP contribution in [0.25, 0.3) is 11.0 Å². The molecule has 3 aliphatic rings.